The molecule has 1 aliphatic heterocycles. The smallest absolute Gasteiger partial charge is 0.0724 e. The Morgan fingerprint density at radius 1 is 1.41 bits per heavy atom. The molecule has 0 aromatic heterocycles. The fourth-order valence-corrected chi connectivity index (χ4v) is 2.64. The molecule has 0 radical (unpaired) electrons. The van der Waals surface area contributed by atoms with E-state index in [-0.39, 0.29) is 0 Å². The molecule has 0 bridgehead atoms. The molecular weight excluding hydrogens is 212 g/mol. The largest absolute Gasteiger partial charge is 0.380 e. The van der Waals surface area contributed by atoms with Crippen LogP contribution >= 0.6 is 0 Å². The van der Waals surface area contributed by atoms with Gasteiger partial charge in [0.05, 0.1) is 6.10 Å². The minimum atomic E-state index is 0.414. The number of nitrogens with zero attached hydrogens (tertiary/aromatic N) is 1. The van der Waals surface area contributed by atoms with Crippen LogP contribution in [0.2, 0.25) is 0 Å². The molecular formula is C14H30N2O. The van der Waals surface area contributed by atoms with Gasteiger partial charge in [0, 0.05) is 19.7 Å². The lowest BCUT2D eigenvalue weighted by molar-refractivity contribution is -0.0236. The van der Waals surface area contributed by atoms with Gasteiger partial charge in [-0.1, -0.05) is 20.8 Å². The lowest BCUT2D eigenvalue weighted by atomic mass is 9.92. The molecule has 0 amide bonds. The summed E-state index contributed by atoms with van der Waals surface area (Å²) in [6.45, 7) is 13.7. The minimum absolute atomic E-state index is 0.414. The van der Waals surface area contributed by atoms with Gasteiger partial charge in [0.25, 0.3) is 0 Å². The number of likely N-dealkylation sites (tertiary alicyclic amines) is 1. The normalized spacial score (nSPS) is 30.2. The van der Waals surface area contributed by atoms with Crippen LogP contribution in [-0.2, 0) is 4.74 Å². The predicted octanol–water partition coefficient (Wildman–Crippen LogP) is 1.98. The molecule has 0 spiro atoms. The second-order valence-corrected chi connectivity index (χ2v) is 5.56. The maximum atomic E-state index is 5.59. The second kappa shape index (κ2) is 7.34. The van der Waals surface area contributed by atoms with Gasteiger partial charge in [-0.05, 0) is 44.8 Å². The molecule has 1 rings (SSSR count). The Labute approximate surface area is 107 Å². The first-order chi connectivity index (χ1) is 8.10. The number of ether oxygens (including phenoxy) is 1. The number of hydrogen-bond donors (Lipinski definition) is 1. The topological polar surface area (TPSA) is 24.5 Å². The first-order valence-electron chi connectivity index (χ1n) is 7.07. The van der Waals surface area contributed by atoms with Crippen molar-refractivity contribution in [3.8, 4) is 0 Å². The summed E-state index contributed by atoms with van der Waals surface area (Å²) in [4.78, 5) is 2.59. The van der Waals surface area contributed by atoms with Gasteiger partial charge in [0.2, 0.25) is 0 Å². The van der Waals surface area contributed by atoms with Gasteiger partial charge in [-0.2, -0.15) is 0 Å². The molecule has 3 nitrogen and oxygen atoms in total. The summed E-state index contributed by atoms with van der Waals surface area (Å²) >= 11 is 0. The highest BCUT2D eigenvalue weighted by Crippen LogP contribution is 2.23. The Morgan fingerprint density at radius 2 is 2.12 bits per heavy atom. The van der Waals surface area contributed by atoms with Crippen molar-refractivity contribution in [2.75, 3.05) is 33.3 Å². The van der Waals surface area contributed by atoms with E-state index in [4.69, 9.17) is 4.74 Å². The Kier molecular flexibility index (Phi) is 6.45. The molecule has 1 fully saturated rings. The molecule has 17 heavy (non-hydrogen) atoms. The van der Waals surface area contributed by atoms with Crippen LogP contribution in [0.3, 0.4) is 0 Å². The van der Waals surface area contributed by atoms with Gasteiger partial charge in [-0.3, -0.25) is 4.90 Å². The third-order valence-electron chi connectivity index (χ3n) is 4.34. The molecule has 102 valence electrons. The molecule has 1 saturated heterocycles. The summed E-state index contributed by atoms with van der Waals surface area (Å²) in [6, 6.07) is 0.638. The number of piperidine rings is 1. The van der Waals surface area contributed by atoms with Crippen LogP contribution in [0, 0.1) is 11.8 Å². The van der Waals surface area contributed by atoms with Crippen molar-refractivity contribution in [2.24, 2.45) is 11.8 Å². The van der Waals surface area contributed by atoms with Crippen LogP contribution in [-0.4, -0.2) is 50.3 Å². The summed E-state index contributed by atoms with van der Waals surface area (Å²) in [7, 11) is 1.84. The third kappa shape index (κ3) is 4.23. The molecule has 3 heteroatoms. The van der Waals surface area contributed by atoms with Gasteiger partial charge in [-0.25, -0.2) is 0 Å². The van der Waals surface area contributed by atoms with Gasteiger partial charge < -0.3 is 10.1 Å². The molecule has 1 aliphatic rings. The van der Waals surface area contributed by atoms with E-state index >= 15 is 0 Å². The van der Waals surface area contributed by atoms with E-state index in [9.17, 15) is 0 Å². The number of rotatable bonds is 6. The lowest BCUT2D eigenvalue weighted by Gasteiger charge is -2.41. The standard InChI is InChI=1S/C14H30N2O/c1-6-15-9-12(3)13(4)16-8-7-11(2)14(10-16)17-5/h11-15H,6-10H2,1-5H3. The van der Waals surface area contributed by atoms with Crippen molar-refractivity contribution >= 4 is 0 Å². The quantitative estimate of drug-likeness (QED) is 0.771. The van der Waals surface area contributed by atoms with Crippen LogP contribution < -0.4 is 5.32 Å². The molecule has 0 saturated carbocycles. The van der Waals surface area contributed by atoms with E-state index in [1.54, 1.807) is 0 Å². The molecule has 1 heterocycles. The average molecular weight is 242 g/mol. The van der Waals surface area contributed by atoms with E-state index in [0.717, 1.165) is 19.6 Å². The third-order valence-corrected chi connectivity index (χ3v) is 4.34. The van der Waals surface area contributed by atoms with E-state index in [1.807, 2.05) is 7.11 Å². The molecule has 4 atom stereocenters. The highest BCUT2D eigenvalue weighted by molar-refractivity contribution is 4.83. The predicted molar refractivity (Wildman–Crippen MR) is 73.3 cm³/mol. The van der Waals surface area contributed by atoms with Crippen LogP contribution in [0.1, 0.15) is 34.1 Å². The highest BCUT2D eigenvalue weighted by Gasteiger charge is 2.30. The van der Waals surface area contributed by atoms with Crippen LogP contribution in [0.5, 0.6) is 0 Å². The van der Waals surface area contributed by atoms with E-state index < -0.39 is 0 Å². The Bertz CT molecular complexity index is 210. The number of hydrogen-bond acceptors (Lipinski definition) is 3. The van der Waals surface area contributed by atoms with Gasteiger partial charge in [0.1, 0.15) is 0 Å². The lowest BCUT2D eigenvalue weighted by Crippen LogP contribution is -2.50. The molecule has 0 aromatic rings. The van der Waals surface area contributed by atoms with Crippen LogP contribution in [0.25, 0.3) is 0 Å². The summed E-state index contributed by atoms with van der Waals surface area (Å²) in [5.74, 6) is 1.40. The van der Waals surface area contributed by atoms with Crippen molar-refractivity contribution < 1.29 is 4.74 Å². The zero-order valence-corrected chi connectivity index (χ0v) is 12.2. The Hall–Kier alpha value is -0.120. The van der Waals surface area contributed by atoms with Crippen LogP contribution in [0.15, 0.2) is 0 Å². The highest BCUT2D eigenvalue weighted by atomic mass is 16.5. The Morgan fingerprint density at radius 3 is 2.71 bits per heavy atom. The maximum absolute atomic E-state index is 5.59. The molecule has 1 N–H and O–H groups in total. The zero-order valence-electron chi connectivity index (χ0n) is 12.2. The SMILES string of the molecule is CCNCC(C)C(C)N1CCC(C)C(OC)C1. The van der Waals surface area contributed by atoms with E-state index in [1.165, 1.54) is 13.0 Å². The molecule has 4 unspecified atom stereocenters. The van der Waals surface area contributed by atoms with Crippen molar-refractivity contribution in [1.82, 2.24) is 10.2 Å². The number of methoxy groups -OCH3 is 1. The van der Waals surface area contributed by atoms with E-state index in [0.29, 0.717) is 24.0 Å². The van der Waals surface area contributed by atoms with E-state index in [2.05, 4.69) is 37.9 Å². The average Bonchev–Trinajstić information content (AvgIpc) is 2.35. The van der Waals surface area contributed by atoms with Gasteiger partial charge in [0.15, 0.2) is 0 Å². The van der Waals surface area contributed by atoms with Crippen molar-refractivity contribution in [2.45, 2.75) is 46.3 Å². The zero-order chi connectivity index (χ0) is 12.8. The fourth-order valence-electron chi connectivity index (χ4n) is 2.64. The second-order valence-electron chi connectivity index (χ2n) is 5.56. The summed E-state index contributed by atoms with van der Waals surface area (Å²) in [5.41, 5.74) is 0. The van der Waals surface area contributed by atoms with Crippen molar-refractivity contribution in [3.05, 3.63) is 0 Å². The monoisotopic (exact) mass is 242 g/mol. The minimum Gasteiger partial charge on any atom is -0.380 e. The van der Waals surface area contributed by atoms with Gasteiger partial charge >= 0.3 is 0 Å². The maximum Gasteiger partial charge on any atom is 0.0724 e. The first-order valence-corrected chi connectivity index (χ1v) is 7.07. The Balaban J connectivity index is 2.43. The summed E-state index contributed by atoms with van der Waals surface area (Å²) in [5, 5.41) is 3.44. The number of nitrogens with one attached hydrogen (secondary N) is 1. The fraction of sp³-hybridized carbons (Fsp3) is 1.00. The first kappa shape index (κ1) is 14.9. The summed E-state index contributed by atoms with van der Waals surface area (Å²) in [6.07, 6.45) is 1.68. The molecule has 0 aliphatic carbocycles. The van der Waals surface area contributed by atoms with Crippen molar-refractivity contribution in [1.29, 1.82) is 0 Å². The van der Waals surface area contributed by atoms with Gasteiger partial charge in [-0.15, -0.1) is 0 Å². The molecule has 0 aromatic carbocycles. The van der Waals surface area contributed by atoms with Crippen molar-refractivity contribution in [3.63, 3.8) is 0 Å². The summed E-state index contributed by atoms with van der Waals surface area (Å²) < 4.78 is 5.59. The van der Waals surface area contributed by atoms with Crippen LogP contribution in [0.4, 0.5) is 0 Å².